The number of sulfonamides is 1. The number of nitrogens with zero attached hydrogens (tertiary/aromatic N) is 2. The molecule has 7 nitrogen and oxygen atoms in total. The quantitative estimate of drug-likeness (QED) is 0.482. The molecule has 0 aliphatic heterocycles. The summed E-state index contributed by atoms with van der Waals surface area (Å²) < 4.78 is 40.0. The second-order valence-electron chi connectivity index (χ2n) is 7.68. The zero-order valence-corrected chi connectivity index (χ0v) is 20.5. The summed E-state index contributed by atoms with van der Waals surface area (Å²) in [4.78, 5) is 27.1. The van der Waals surface area contributed by atoms with Gasteiger partial charge in [-0.15, -0.1) is 0 Å². The van der Waals surface area contributed by atoms with Crippen LogP contribution in [0, 0.1) is 5.82 Å². The van der Waals surface area contributed by atoms with Gasteiger partial charge in [-0.25, -0.2) is 12.8 Å². The summed E-state index contributed by atoms with van der Waals surface area (Å²) in [7, 11) is -2.65. The topological polar surface area (TPSA) is 86.8 Å². The third kappa shape index (κ3) is 7.52. The van der Waals surface area contributed by atoms with Crippen molar-refractivity contribution >= 4 is 33.4 Å². The Kier molecular flexibility index (Phi) is 9.82. The molecule has 0 bridgehead atoms. The molecule has 0 radical (unpaired) electrons. The molecule has 2 amide bonds. The Morgan fingerprint density at radius 1 is 1.09 bits per heavy atom. The van der Waals surface area contributed by atoms with Gasteiger partial charge in [-0.1, -0.05) is 37.1 Å². The molecule has 0 aliphatic rings. The average molecular weight is 498 g/mol. The number of halogens is 2. The van der Waals surface area contributed by atoms with Crippen molar-refractivity contribution < 1.29 is 22.4 Å². The lowest BCUT2D eigenvalue weighted by atomic mass is 10.1. The molecule has 1 atom stereocenters. The largest absolute Gasteiger partial charge is 0.354 e. The number of likely N-dealkylation sites (N-methyl/N-ethyl adjacent to an activating group) is 1. The first-order valence-electron chi connectivity index (χ1n) is 10.6. The van der Waals surface area contributed by atoms with Gasteiger partial charge in [0.15, 0.2) is 0 Å². The number of hydrogen-bond acceptors (Lipinski definition) is 4. The predicted octanol–water partition coefficient (Wildman–Crippen LogP) is 3.43. The number of amides is 2. The summed E-state index contributed by atoms with van der Waals surface area (Å²) in [5.41, 5.74) is 0.612. The molecular weight excluding hydrogens is 469 g/mol. The normalized spacial score (nSPS) is 12.4. The molecule has 0 spiro atoms. The highest BCUT2D eigenvalue weighted by atomic mass is 35.5. The van der Waals surface area contributed by atoms with Crippen LogP contribution in [0.4, 0.5) is 4.39 Å². The Morgan fingerprint density at radius 2 is 1.70 bits per heavy atom. The van der Waals surface area contributed by atoms with Crippen molar-refractivity contribution in [2.45, 2.75) is 44.2 Å². The van der Waals surface area contributed by atoms with Crippen molar-refractivity contribution in [2.24, 2.45) is 0 Å². The second kappa shape index (κ2) is 12.1. The average Bonchev–Trinajstić information content (AvgIpc) is 2.78. The van der Waals surface area contributed by atoms with Crippen molar-refractivity contribution in [1.29, 1.82) is 0 Å². The van der Waals surface area contributed by atoms with Crippen LogP contribution in [0.1, 0.15) is 32.3 Å². The Balaban J connectivity index is 2.22. The van der Waals surface area contributed by atoms with E-state index in [0.29, 0.717) is 17.1 Å². The van der Waals surface area contributed by atoms with Gasteiger partial charge >= 0.3 is 0 Å². The molecule has 2 rings (SSSR count). The zero-order valence-electron chi connectivity index (χ0n) is 18.9. The van der Waals surface area contributed by atoms with Crippen molar-refractivity contribution in [3.63, 3.8) is 0 Å². The van der Waals surface area contributed by atoms with Crippen LogP contribution in [0.25, 0.3) is 0 Å². The maximum absolute atomic E-state index is 13.3. The van der Waals surface area contributed by atoms with Gasteiger partial charge in [0.05, 0.1) is 11.4 Å². The first kappa shape index (κ1) is 26.8. The van der Waals surface area contributed by atoms with Gasteiger partial charge in [0.1, 0.15) is 11.9 Å². The minimum Gasteiger partial charge on any atom is -0.354 e. The smallest absolute Gasteiger partial charge is 0.243 e. The molecule has 1 unspecified atom stereocenters. The summed E-state index contributed by atoms with van der Waals surface area (Å²) in [5, 5.41) is 3.18. The molecule has 33 heavy (non-hydrogen) atoms. The molecule has 180 valence electrons. The highest BCUT2D eigenvalue weighted by Crippen LogP contribution is 2.18. The second-order valence-corrected chi connectivity index (χ2v) is 10.2. The van der Waals surface area contributed by atoms with Gasteiger partial charge in [0.25, 0.3) is 0 Å². The number of nitrogens with one attached hydrogen (secondary N) is 1. The fourth-order valence-corrected chi connectivity index (χ4v) is 4.30. The molecule has 0 aliphatic carbocycles. The number of unbranched alkanes of at least 4 members (excludes halogenated alkanes) is 1. The molecule has 10 heteroatoms. The fourth-order valence-electron chi connectivity index (χ4n) is 3.06. The van der Waals surface area contributed by atoms with Crippen LogP contribution in [0.3, 0.4) is 0 Å². The molecule has 2 aromatic carbocycles. The van der Waals surface area contributed by atoms with Crippen LogP contribution in [-0.4, -0.2) is 55.6 Å². The summed E-state index contributed by atoms with van der Waals surface area (Å²) >= 11 is 5.83. The van der Waals surface area contributed by atoms with Crippen molar-refractivity contribution in [1.82, 2.24) is 14.5 Å². The van der Waals surface area contributed by atoms with E-state index in [2.05, 4.69) is 5.32 Å². The molecular formula is C23H29ClFN3O4S. The summed E-state index contributed by atoms with van der Waals surface area (Å²) in [6.07, 6.45) is 1.70. The summed E-state index contributed by atoms with van der Waals surface area (Å²) in [6.45, 7) is 3.60. The van der Waals surface area contributed by atoms with E-state index in [4.69, 9.17) is 11.6 Å². The third-order valence-electron chi connectivity index (χ3n) is 5.14. The van der Waals surface area contributed by atoms with E-state index >= 15 is 0 Å². The zero-order chi connectivity index (χ0) is 24.6. The summed E-state index contributed by atoms with van der Waals surface area (Å²) in [6, 6.07) is 10.3. The number of carbonyl (C=O) groups is 2. The van der Waals surface area contributed by atoms with E-state index in [-0.39, 0.29) is 17.3 Å². The van der Waals surface area contributed by atoms with Gasteiger partial charge in [-0.05, 0) is 55.3 Å². The van der Waals surface area contributed by atoms with E-state index in [9.17, 15) is 22.4 Å². The van der Waals surface area contributed by atoms with E-state index < -0.39 is 34.3 Å². The Labute approximate surface area is 199 Å². The molecule has 0 fully saturated rings. The molecule has 1 N–H and O–H groups in total. The van der Waals surface area contributed by atoms with Crippen molar-refractivity contribution in [2.75, 3.05) is 20.1 Å². The minimum atomic E-state index is -3.95. The van der Waals surface area contributed by atoms with Crippen LogP contribution >= 0.6 is 11.6 Å². The van der Waals surface area contributed by atoms with Crippen molar-refractivity contribution in [3.05, 3.63) is 64.9 Å². The van der Waals surface area contributed by atoms with Crippen LogP contribution in [0.5, 0.6) is 0 Å². The SMILES string of the molecule is CCCCNC(=O)C(C)N(Cc1ccc(F)cc1)C(=O)CN(C)S(=O)(=O)c1ccc(Cl)cc1. The van der Waals surface area contributed by atoms with Gasteiger partial charge < -0.3 is 10.2 Å². The number of benzene rings is 2. The Hall–Kier alpha value is -2.49. The van der Waals surface area contributed by atoms with Crippen LogP contribution in [0.15, 0.2) is 53.4 Å². The molecule has 0 aromatic heterocycles. The standard InChI is InChI=1S/C23H29ClFN3O4S/c1-4-5-14-26-23(30)17(2)28(15-18-6-10-20(25)11-7-18)22(29)16-27(3)33(31,32)21-12-8-19(24)9-13-21/h6-13,17H,4-5,14-16H2,1-3H3,(H,26,30). The van der Waals surface area contributed by atoms with E-state index in [1.54, 1.807) is 6.92 Å². The van der Waals surface area contributed by atoms with Crippen LogP contribution in [0.2, 0.25) is 5.02 Å². The van der Waals surface area contributed by atoms with Crippen LogP contribution in [-0.2, 0) is 26.2 Å². The lowest BCUT2D eigenvalue weighted by molar-refractivity contribution is -0.140. The molecule has 0 saturated heterocycles. The van der Waals surface area contributed by atoms with Crippen molar-refractivity contribution in [3.8, 4) is 0 Å². The number of rotatable bonds is 11. The highest BCUT2D eigenvalue weighted by molar-refractivity contribution is 7.89. The number of hydrogen-bond donors (Lipinski definition) is 1. The van der Waals surface area contributed by atoms with E-state index in [1.807, 2.05) is 6.92 Å². The third-order valence-corrected chi connectivity index (χ3v) is 7.21. The highest BCUT2D eigenvalue weighted by Gasteiger charge is 2.30. The van der Waals surface area contributed by atoms with Gasteiger partial charge in [0, 0.05) is 25.2 Å². The predicted molar refractivity (Wildman–Crippen MR) is 126 cm³/mol. The monoisotopic (exact) mass is 497 g/mol. The molecule has 2 aromatic rings. The van der Waals surface area contributed by atoms with E-state index in [0.717, 1.165) is 17.1 Å². The first-order chi connectivity index (χ1) is 15.6. The van der Waals surface area contributed by atoms with Gasteiger partial charge in [-0.2, -0.15) is 4.31 Å². The van der Waals surface area contributed by atoms with E-state index in [1.165, 1.54) is 60.5 Å². The minimum absolute atomic E-state index is 0.00218. The lowest BCUT2D eigenvalue weighted by Crippen LogP contribution is -2.50. The Morgan fingerprint density at radius 3 is 2.27 bits per heavy atom. The van der Waals surface area contributed by atoms with Gasteiger partial charge in [0.2, 0.25) is 21.8 Å². The molecule has 0 heterocycles. The summed E-state index contributed by atoms with van der Waals surface area (Å²) in [5.74, 6) is -1.32. The first-order valence-corrected chi connectivity index (χ1v) is 12.4. The molecule has 0 saturated carbocycles. The fraction of sp³-hybridized carbons (Fsp3) is 0.391. The number of carbonyl (C=O) groups excluding carboxylic acids is 2. The Bertz CT molecular complexity index is 1050. The maximum atomic E-state index is 13.3. The van der Waals surface area contributed by atoms with Crippen LogP contribution < -0.4 is 5.32 Å². The lowest BCUT2D eigenvalue weighted by Gasteiger charge is -2.30. The van der Waals surface area contributed by atoms with Gasteiger partial charge in [-0.3, -0.25) is 9.59 Å². The maximum Gasteiger partial charge on any atom is 0.243 e.